The first kappa shape index (κ1) is 25.1. The van der Waals surface area contributed by atoms with Gasteiger partial charge in [-0.15, -0.1) is 0 Å². The maximum absolute atomic E-state index is 6.51. The van der Waals surface area contributed by atoms with Crippen molar-refractivity contribution in [3.05, 3.63) is 99.5 Å². The molecule has 0 aromatic heterocycles. The summed E-state index contributed by atoms with van der Waals surface area (Å²) in [6.07, 6.45) is 4.53. The van der Waals surface area contributed by atoms with E-state index < -0.39 is 0 Å². The summed E-state index contributed by atoms with van der Waals surface area (Å²) in [5, 5.41) is 1.47. The third kappa shape index (κ3) is 7.23. The molecule has 0 saturated carbocycles. The molecule has 3 aromatic rings. The van der Waals surface area contributed by atoms with Crippen LogP contribution >= 0.6 is 23.2 Å². The molecular weight excluding hydrogens is 465 g/mol. The molecule has 5 heteroatoms. The van der Waals surface area contributed by atoms with Gasteiger partial charge in [0.15, 0.2) is 0 Å². The van der Waals surface area contributed by atoms with Crippen molar-refractivity contribution in [2.75, 3.05) is 33.4 Å². The van der Waals surface area contributed by atoms with Crippen LogP contribution in [-0.4, -0.2) is 38.3 Å². The average Bonchev–Trinajstić information content (AvgIpc) is 2.87. The Bertz CT molecular complexity index is 952. The summed E-state index contributed by atoms with van der Waals surface area (Å²) in [5.74, 6) is 1.50. The minimum atomic E-state index is -0.114. The average molecular weight is 498 g/mol. The van der Waals surface area contributed by atoms with Crippen LogP contribution in [0.1, 0.15) is 42.1 Å². The van der Waals surface area contributed by atoms with Gasteiger partial charge in [-0.05, 0) is 104 Å². The first-order valence-electron chi connectivity index (χ1n) is 12.1. The molecule has 3 nitrogen and oxygen atoms in total. The van der Waals surface area contributed by atoms with E-state index in [0.717, 1.165) is 59.6 Å². The maximum atomic E-state index is 6.51. The molecule has 3 aromatic carbocycles. The summed E-state index contributed by atoms with van der Waals surface area (Å²) < 4.78 is 11.8. The molecule has 0 aliphatic carbocycles. The highest BCUT2D eigenvalue weighted by Gasteiger charge is 2.22. The van der Waals surface area contributed by atoms with Crippen molar-refractivity contribution in [2.24, 2.45) is 5.92 Å². The van der Waals surface area contributed by atoms with Gasteiger partial charge in [0.25, 0.3) is 0 Å². The molecule has 0 N–H and O–H groups in total. The van der Waals surface area contributed by atoms with E-state index in [0.29, 0.717) is 5.92 Å². The molecule has 34 heavy (non-hydrogen) atoms. The normalized spacial score (nSPS) is 15.1. The molecule has 4 rings (SSSR count). The highest BCUT2D eigenvalue weighted by molar-refractivity contribution is 6.30. The third-order valence-corrected chi connectivity index (χ3v) is 7.15. The fraction of sp³-hybridized carbons (Fsp3) is 0.379. The second kappa shape index (κ2) is 12.6. The number of halogens is 2. The maximum Gasteiger partial charge on any atom is 0.118 e. The molecule has 1 aliphatic rings. The van der Waals surface area contributed by atoms with Crippen molar-refractivity contribution < 1.29 is 9.47 Å². The van der Waals surface area contributed by atoms with Crippen molar-refractivity contribution in [1.29, 1.82) is 0 Å². The summed E-state index contributed by atoms with van der Waals surface area (Å²) in [7, 11) is 1.71. The van der Waals surface area contributed by atoms with Crippen LogP contribution < -0.4 is 4.74 Å². The van der Waals surface area contributed by atoms with E-state index in [9.17, 15) is 0 Å². The van der Waals surface area contributed by atoms with Crippen molar-refractivity contribution in [2.45, 2.75) is 31.8 Å². The fourth-order valence-electron chi connectivity index (χ4n) is 4.57. The fourth-order valence-corrected chi connectivity index (χ4v) is 4.82. The zero-order chi connectivity index (χ0) is 23.8. The monoisotopic (exact) mass is 497 g/mol. The lowest BCUT2D eigenvalue weighted by molar-refractivity contribution is 0.0309. The van der Waals surface area contributed by atoms with Gasteiger partial charge >= 0.3 is 0 Å². The molecule has 1 aliphatic heterocycles. The van der Waals surface area contributed by atoms with Crippen LogP contribution in [0, 0.1) is 5.92 Å². The minimum Gasteiger partial charge on any atom is -0.497 e. The Labute approximate surface area is 213 Å². The molecule has 0 atom stereocenters. The van der Waals surface area contributed by atoms with Gasteiger partial charge in [-0.1, -0.05) is 59.6 Å². The van der Waals surface area contributed by atoms with E-state index in [1.165, 1.54) is 24.8 Å². The Kier molecular flexibility index (Phi) is 9.29. The quantitative estimate of drug-likeness (QED) is 0.290. The van der Waals surface area contributed by atoms with Gasteiger partial charge in [0.05, 0.1) is 13.7 Å². The van der Waals surface area contributed by atoms with Crippen LogP contribution in [0.25, 0.3) is 0 Å². The van der Waals surface area contributed by atoms with Crippen LogP contribution in [0.3, 0.4) is 0 Å². The lowest BCUT2D eigenvalue weighted by Crippen LogP contribution is -2.36. The molecule has 1 fully saturated rings. The number of hydrogen-bond donors (Lipinski definition) is 0. The van der Waals surface area contributed by atoms with Crippen molar-refractivity contribution in [1.82, 2.24) is 4.90 Å². The second-order valence-corrected chi connectivity index (χ2v) is 9.93. The first-order valence-corrected chi connectivity index (χ1v) is 12.8. The van der Waals surface area contributed by atoms with E-state index in [2.05, 4.69) is 17.0 Å². The number of likely N-dealkylation sites (tertiary alicyclic amines) is 1. The number of hydrogen-bond acceptors (Lipinski definition) is 3. The second-order valence-electron chi connectivity index (χ2n) is 9.05. The van der Waals surface area contributed by atoms with Gasteiger partial charge in [0.2, 0.25) is 0 Å². The van der Waals surface area contributed by atoms with Crippen molar-refractivity contribution in [3.63, 3.8) is 0 Å². The van der Waals surface area contributed by atoms with Crippen molar-refractivity contribution >= 4 is 23.2 Å². The zero-order valence-electron chi connectivity index (χ0n) is 19.8. The van der Waals surface area contributed by atoms with Crippen LogP contribution in [0.5, 0.6) is 5.75 Å². The van der Waals surface area contributed by atoms with Crippen LogP contribution in [0.4, 0.5) is 0 Å². The molecule has 0 unspecified atom stereocenters. The summed E-state index contributed by atoms with van der Waals surface area (Å²) in [4.78, 5) is 2.59. The third-order valence-electron chi connectivity index (χ3n) is 6.65. The lowest BCUT2D eigenvalue weighted by Gasteiger charge is -2.32. The van der Waals surface area contributed by atoms with Gasteiger partial charge in [-0.25, -0.2) is 0 Å². The van der Waals surface area contributed by atoms with E-state index in [4.69, 9.17) is 32.7 Å². The van der Waals surface area contributed by atoms with Gasteiger partial charge in [0.1, 0.15) is 11.9 Å². The molecular formula is C29H33Cl2NO2. The molecule has 0 amide bonds. The summed E-state index contributed by atoms with van der Waals surface area (Å²) in [5.41, 5.74) is 3.60. The number of piperidine rings is 1. The Morgan fingerprint density at radius 1 is 0.824 bits per heavy atom. The van der Waals surface area contributed by atoms with Crippen molar-refractivity contribution in [3.8, 4) is 5.75 Å². The number of nitrogens with zero attached hydrogens (tertiary/aromatic N) is 1. The topological polar surface area (TPSA) is 21.7 Å². The Morgan fingerprint density at radius 2 is 1.38 bits per heavy atom. The predicted octanol–water partition coefficient (Wildman–Crippen LogP) is 7.45. The van der Waals surface area contributed by atoms with Gasteiger partial charge in [-0.2, -0.15) is 0 Å². The standard InChI is InChI=1S/C29H33Cl2NO2/c1-33-28-14-4-22(5-15-28)3-2-18-32-19-16-23(17-20-32)21-34-29(24-6-10-26(30)11-7-24)25-8-12-27(31)13-9-25/h4-15,23,29H,2-3,16-21H2,1H3. The Balaban J connectivity index is 1.25. The highest BCUT2D eigenvalue weighted by Crippen LogP contribution is 2.30. The number of ether oxygens (including phenoxy) is 2. The van der Waals surface area contributed by atoms with Gasteiger partial charge < -0.3 is 14.4 Å². The zero-order valence-corrected chi connectivity index (χ0v) is 21.3. The largest absolute Gasteiger partial charge is 0.497 e. The van der Waals surface area contributed by atoms with E-state index in [-0.39, 0.29) is 6.10 Å². The Hall–Kier alpha value is -2.04. The molecule has 0 radical (unpaired) electrons. The summed E-state index contributed by atoms with van der Waals surface area (Å²) in [6, 6.07) is 24.3. The SMILES string of the molecule is COc1ccc(CCCN2CCC(COC(c3ccc(Cl)cc3)c3ccc(Cl)cc3)CC2)cc1. The van der Waals surface area contributed by atoms with Crippen LogP contribution in [0.15, 0.2) is 72.8 Å². The number of methoxy groups -OCH3 is 1. The minimum absolute atomic E-state index is 0.114. The number of aryl methyl sites for hydroxylation is 1. The summed E-state index contributed by atoms with van der Waals surface area (Å²) in [6.45, 7) is 4.19. The molecule has 0 spiro atoms. The van der Waals surface area contributed by atoms with E-state index >= 15 is 0 Å². The smallest absolute Gasteiger partial charge is 0.118 e. The number of rotatable bonds is 10. The molecule has 1 heterocycles. The van der Waals surface area contributed by atoms with Gasteiger partial charge in [0, 0.05) is 10.0 Å². The van der Waals surface area contributed by atoms with Crippen LogP contribution in [0.2, 0.25) is 10.0 Å². The predicted molar refractivity (Wildman–Crippen MR) is 141 cm³/mol. The molecule has 0 bridgehead atoms. The Morgan fingerprint density at radius 3 is 1.91 bits per heavy atom. The van der Waals surface area contributed by atoms with E-state index in [1.54, 1.807) is 7.11 Å². The van der Waals surface area contributed by atoms with Gasteiger partial charge in [-0.3, -0.25) is 0 Å². The molecule has 180 valence electrons. The van der Waals surface area contributed by atoms with Crippen LogP contribution in [-0.2, 0) is 11.2 Å². The summed E-state index contributed by atoms with van der Waals surface area (Å²) >= 11 is 12.2. The lowest BCUT2D eigenvalue weighted by atomic mass is 9.96. The number of benzene rings is 3. The first-order chi connectivity index (χ1) is 16.6. The highest BCUT2D eigenvalue weighted by atomic mass is 35.5. The molecule has 1 saturated heterocycles. The van der Waals surface area contributed by atoms with E-state index in [1.807, 2.05) is 60.7 Å².